The van der Waals surface area contributed by atoms with E-state index in [-0.39, 0.29) is 18.2 Å². The molecular formula is C18H16Cl2N2O3. The summed E-state index contributed by atoms with van der Waals surface area (Å²) in [5, 5.41) is 3.71. The van der Waals surface area contributed by atoms with Gasteiger partial charge >= 0.3 is 0 Å². The molecule has 1 atom stereocenters. The smallest absolute Gasteiger partial charge is 0.256 e. The predicted molar refractivity (Wildman–Crippen MR) is 98.6 cm³/mol. The summed E-state index contributed by atoms with van der Waals surface area (Å²) in [7, 11) is 0. The lowest BCUT2D eigenvalue weighted by molar-refractivity contribution is -0.121. The van der Waals surface area contributed by atoms with Crippen LogP contribution < -0.4 is 15.0 Å². The fraction of sp³-hybridized carbons (Fsp3) is 0.222. The van der Waals surface area contributed by atoms with Gasteiger partial charge in [0.15, 0.2) is 0 Å². The number of anilines is 2. The Kier molecular flexibility index (Phi) is 5.16. The SMILES string of the molecule is CCOc1ccc(N2C(=O)CC(Nc3cccc(Cl)c3Cl)C2=O)cc1. The van der Waals surface area contributed by atoms with Crippen molar-refractivity contribution < 1.29 is 14.3 Å². The maximum atomic E-state index is 12.7. The van der Waals surface area contributed by atoms with E-state index >= 15 is 0 Å². The van der Waals surface area contributed by atoms with Gasteiger partial charge in [-0.15, -0.1) is 0 Å². The number of hydrogen-bond acceptors (Lipinski definition) is 4. The van der Waals surface area contributed by atoms with E-state index in [0.29, 0.717) is 33.8 Å². The Labute approximate surface area is 155 Å². The third-order valence-corrected chi connectivity index (χ3v) is 4.65. The Morgan fingerprint density at radius 2 is 1.88 bits per heavy atom. The third-order valence-electron chi connectivity index (χ3n) is 3.83. The molecule has 1 aliphatic heterocycles. The molecule has 3 rings (SSSR count). The number of imide groups is 1. The van der Waals surface area contributed by atoms with Crippen molar-refractivity contribution in [3.8, 4) is 5.75 Å². The lowest BCUT2D eigenvalue weighted by Crippen LogP contribution is -2.34. The molecule has 2 aromatic carbocycles. The topological polar surface area (TPSA) is 58.6 Å². The molecule has 0 aromatic heterocycles. The van der Waals surface area contributed by atoms with Crippen molar-refractivity contribution in [2.24, 2.45) is 0 Å². The number of carbonyl (C=O) groups is 2. The minimum Gasteiger partial charge on any atom is -0.494 e. The van der Waals surface area contributed by atoms with Gasteiger partial charge in [-0.25, -0.2) is 4.90 Å². The first-order chi connectivity index (χ1) is 12.0. The quantitative estimate of drug-likeness (QED) is 0.794. The maximum absolute atomic E-state index is 12.7. The molecule has 1 aliphatic rings. The fourth-order valence-corrected chi connectivity index (χ4v) is 3.03. The van der Waals surface area contributed by atoms with E-state index in [0.717, 1.165) is 0 Å². The van der Waals surface area contributed by atoms with Gasteiger partial charge in [0.25, 0.3) is 5.91 Å². The van der Waals surface area contributed by atoms with Crippen LogP contribution in [-0.4, -0.2) is 24.5 Å². The van der Waals surface area contributed by atoms with Crippen LogP contribution in [0.15, 0.2) is 42.5 Å². The Morgan fingerprint density at radius 1 is 1.16 bits per heavy atom. The number of nitrogens with zero attached hydrogens (tertiary/aromatic N) is 1. The Balaban J connectivity index is 1.79. The third kappa shape index (κ3) is 3.57. The van der Waals surface area contributed by atoms with E-state index in [9.17, 15) is 9.59 Å². The highest BCUT2D eigenvalue weighted by Gasteiger charge is 2.39. The van der Waals surface area contributed by atoms with Crippen LogP contribution in [0.2, 0.25) is 10.0 Å². The fourth-order valence-electron chi connectivity index (χ4n) is 2.68. The average molecular weight is 379 g/mol. The summed E-state index contributed by atoms with van der Waals surface area (Å²) in [5.74, 6) is 0.0840. The predicted octanol–water partition coefficient (Wildman–Crippen LogP) is 4.14. The molecule has 1 fully saturated rings. The summed E-state index contributed by atoms with van der Waals surface area (Å²) in [6.45, 7) is 2.44. The summed E-state index contributed by atoms with van der Waals surface area (Å²) >= 11 is 12.1. The Hall–Kier alpha value is -2.24. The van der Waals surface area contributed by atoms with Gasteiger partial charge in [0.2, 0.25) is 5.91 Å². The summed E-state index contributed by atoms with van der Waals surface area (Å²) < 4.78 is 5.37. The van der Waals surface area contributed by atoms with Gasteiger partial charge in [-0.05, 0) is 43.3 Å². The van der Waals surface area contributed by atoms with Crippen molar-refractivity contribution in [3.63, 3.8) is 0 Å². The van der Waals surface area contributed by atoms with Crippen LogP contribution in [0, 0.1) is 0 Å². The normalized spacial score (nSPS) is 17.1. The van der Waals surface area contributed by atoms with Crippen LogP contribution in [0.25, 0.3) is 0 Å². The second kappa shape index (κ2) is 7.33. The maximum Gasteiger partial charge on any atom is 0.256 e. The zero-order valence-electron chi connectivity index (χ0n) is 13.5. The number of ether oxygens (including phenoxy) is 1. The molecule has 7 heteroatoms. The van der Waals surface area contributed by atoms with Crippen LogP contribution in [0.4, 0.5) is 11.4 Å². The highest BCUT2D eigenvalue weighted by Crippen LogP contribution is 2.32. The van der Waals surface area contributed by atoms with Gasteiger partial charge in [-0.3, -0.25) is 9.59 Å². The standard InChI is InChI=1S/C18H16Cl2N2O3/c1-2-25-12-8-6-11(7-9-12)22-16(23)10-15(18(22)24)21-14-5-3-4-13(19)17(14)20/h3-9,15,21H,2,10H2,1H3. The zero-order chi connectivity index (χ0) is 18.0. The van der Waals surface area contributed by atoms with Crippen LogP contribution >= 0.6 is 23.2 Å². The van der Waals surface area contributed by atoms with Crippen molar-refractivity contribution in [3.05, 3.63) is 52.5 Å². The van der Waals surface area contributed by atoms with E-state index in [1.807, 2.05) is 6.92 Å². The lowest BCUT2D eigenvalue weighted by atomic mass is 10.2. The monoisotopic (exact) mass is 378 g/mol. The number of hydrogen-bond donors (Lipinski definition) is 1. The highest BCUT2D eigenvalue weighted by molar-refractivity contribution is 6.43. The molecule has 130 valence electrons. The van der Waals surface area contributed by atoms with E-state index in [4.69, 9.17) is 27.9 Å². The molecule has 5 nitrogen and oxygen atoms in total. The van der Waals surface area contributed by atoms with Gasteiger partial charge in [-0.1, -0.05) is 29.3 Å². The molecule has 0 bridgehead atoms. The van der Waals surface area contributed by atoms with Crippen LogP contribution in [0.5, 0.6) is 5.75 Å². The van der Waals surface area contributed by atoms with E-state index in [1.165, 1.54) is 4.90 Å². The first-order valence-electron chi connectivity index (χ1n) is 7.81. The Morgan fingerprint density at radius 3 is 2.56 bits per heavy atom. The average Bonchev–Trinajstić information content (AvgIpc) is 2.87. The van der Waals surface area contributed by atoms with Gasteiger partial charge < -0.3 is 10.1 Å². The second-order valence-corrected chi connectivity index (χ2v) is 6.28. The molecule has 1 unspecified atom stereocenters. The van der Waals surface area contributed by atoms with Crippen molar-refractivity contribution in [2.75, 3.05) is 16.8 Å². The van der Waals surface area contributed by atoms with E-state index in [2.05, 4.69) is 5.32 Å². The first kappa shape index (κ1) is 17.6. The van der Waals surface area contributed by atoms with Crippen molar-refractivity contribution in [2.45, 2.75) is 19.4 Å². The van der Waals surface area contributed by atoms with Gasteiger partial charge in [-0.2, -0.15) is 0 Å². The number of halogens is 2. The van der Waals surface area contributed by atoms with Crippen LogP contribution in [-0.2, 0) is 9.59 Å². The van der Waals surface area contributed by atoms with Gasteiger partial charge in [0, 0.05) is 0 Å². The van der Waals surface area contributed by atoms with Crippen molar-refractivity contribution >= 4 is 46.4 Å². The molecule has 25 heavy (non-hydrogen) atoms. The minimum atomic E-state index is -0.685. The minimum absolute atomic E-state index is 0.0505. The van der Waals surface area contributed by atoms with Gasteiger partial charge in [0.1, 0.15) is 11.8 Å². The zero-order valence-corrected chi connectivity index (χ0v) is 15.0. The summed E-state index contributed by atoms with van der Waals surface area (Å²) in [6.07, 6.45) is 0.0505. The Bertz CT molecular complexity index is 808. The lowest BCUT2D eigenvalue weighted by Gasteiger charge is -2.17. The number of rotatable bonds is 5. The molecule has 2 aromatic rings. The molecule has 1 heterocycles. The number of nitrogens with one attached hydrogen (secondary N) is 1. The molecule has 2 amide bonds. The molecule has 0 radical (unpaired) electrons. The second-order valence-electron chi connectivity index (χ2n) is 5.50. The van der Waals surface area contributed by atoms with E-state index < -0.39 is 6.04 Å². The molecule has 1 N–H and O–H groups in total. The van der Waals surface area contributed by atoms with Gasteiger partial charge in [0.05, 0.1) is 34.4 Å². The number of benzene rings is 2. The van der Waals surface area contributed by atoms with Crippen LogP contribution in [0.3, 0.4) is 0 Å². The number of carbonyl (C=O) groups excluding carboxylic acids is 2. The van der Waals surface area contributed by atoms with Crippen molar-refractivity contribution in [1.82, 2.24) is 0 Å². The molecular weight excluding hydrogens is 363 g/mol. The number of amides is 2. The molecule has 0 spiro atoms. The largest absolute Gasteiger partial charge is 0.494 e. The molecule has 0 saturated carbocycles. The summed E-state index contributed by atoms with van der Waals surface area (Å²) in [4.78, 5) is 26.2. The highest BCUT2D eigenvalue weighted by atomic mass is 35.5. The first-order valence-corrected chi connectivity index (χ1v) is 8.57. The molecule has 1 saturated heterocycles. The molecule has 0 aliphatic carbocycles. The van der Waals surface area contributed by atoms with Crippen molar-refractivity contribution in [1.29, 1.82) is 0 Å². The van der Waals surface area contributed by atoms with E-state index in [1.54, 1.807) is 42.5 Å². The van der Waals surface area contributed by atoms with Crippen LogP contribution in [0.1, 0.15) is 13.3 Å². The summed E-state index contributed by atoms with van der Waals surface area (Å²) in [6, 6.07) is 11.2. The summed E-state index contributed by atoms with van der Waals surface area (Å²) in [5.41, 5.74) is 1.04.